The number of anilines is 1. The molecular weight excluding hydrogens is 306 g/mol. The van der Waals surface area contributed by atoms with Gasteiger partial charge in [-0.1, -0.05) is 11.6 Å². The molecular formula is C12H12ClNO3S2. The van der Waals surface area contributed by atoms with Gasteiger partial charge in [-0.05, 0) is 41.6 Å². The van der Waals surface area contributed by atoms with Crippen LogP contribution < -0.4 is 4.72 Å². The van der Waals surface area contributed by atoms with Crippen LogP contribution in [-0.4, -0.2) is 13.5 Å². The minimum atomic E-state index is -3.71. The minimum Gasteiger partial charge on any atom is -0.392 e. The van der Waals surface area contributed by atoms with E-state index in [4.69, 9.17) is 11.6 Å². The first-order chi connectivity index (χ1) is 8.94. The fraction of sp³-hybridized carbons (Fsp3) is 0.167. The maximum atomic E-state index is 12.3. The first kappa shape index (κ1) is 14.3. The highest BCUT2D eigenvalue weighted by molar-refractivity contribution is 7.92. The number of benzene rings is 1. The number of sulfonamides is 1. The average Bonchev–Trinajstić information content (AvgIpc) is 2.83. The van der Waals surface area contributed by atoms with Crippen molar-refractivity contribution in [1.29, 1.82) is 0 Å². The molecule has 1 aromatic carbocycles. The number of thiophene rings is 1. The third kappa shape index (κ3) is 3.09. The molecule has 0 bridgehead atoms. The number of aliphatic hydroxyl groups excluding tert-OH is 1. The molecule has 0 saturated heterocycles. The smallest absolute Gasteiger partial charge is 0.262 e. The summed E-state index contributed by atoms with van der Waals surface area (Å²) in [4.78, 5) is 0.0789. The van der Waals surface area contributed by atoms with Crippen molar-refractivity contribution in [3.05, 3.63) is 45.1 Å². The van der Waals surface area contributed by atoms with Gasteiger partial charge in [-0.2, -0.15) is 11.3 Å². The zero-order chi connectivity index (χ0) is 14.0. The number of nitrogens with one attached hydrogen (secondary N) is 1. The fourth-order valence-electron chi connectivity index (χ4n) is 1.68. The summed E-state index contributed by atoms with van der Waals surface area (Å²) in [6.07, 6.45) is 0. The molecule has 7 heteroatoms. The number of halogens is 1. The third-order valence-electron chi connectivity index (χ3n) is 2.67. The molecule has 1 heterocycles. The van der Waals surface area contributed by atoms with Crippen LogP contribution in [0.25, 0.3) is 0 Å². The lowest BCUT2D eigenvalue weighted by molar-refractivity contribution is 0.280. The minimum absolute atomic E-state index is 0.0789. The lowest BCUT2D eigenvalue weighted by Gasteiger charge is -2.12. The zero-order valence-electron chi connectivity index (χ0n) is 10.1. The Labute approximate surface area is 120 Å². The molecule has 0 unspecified atom stereocenters. The molecule has 0 saturated carbocycles. The maximum Gasteiger partial charge on any atom is 0.262 e. The quantitative estimate of drug-likeness (QED) is 0.911. The monoisotopic (exact) mass is 317 g/mol. The summed E-state index contributed by atoms with van der Waals surface area (Å²) in [6, 6.07) is 4.61. The van der Waals surface area contributed by atoms with Crippen molar-refractivity contribution in [2.24, 2.45) is 0 Å². The highest BCUT2D eigenvalue weighted by atomic mass is 35.5. The summed E-state index contributed by atoms with van der Waals surface area (Å²) < 4.78 is 27.1. The van der Waals surface area contributed by atoms with Crippen molar-refractivity contribution in [2.75, 3.05) is 4.72 Å². The van der Waals surface area contributed by atoms with E-state index in [9.17, 15) is 13.5 Å². The Morgan fingerprint density at radius 3 is 2.74 bits per heavy atom. The second kappa shape index (κ2) is 5.50. The maximum absolute atomic E-state index is 12.3. The van der Waals surface area contributed by atoms with Crippen molar-refractivity contribution >= 4 is 38.6 Å². The second-order valence-corrected chi connectivity index (χ2v) is 6.83. The van der Waals surface area contributed by atoms with Gasteiger partial charge in [-0.15, -0.1) is 0 Å². The van der Waals surface area contributed by atoms with Gasteiger partial charge in [0.25, 0.3) is 10.0 Å². The van der Waals surface area contributed by atoms with E-state index in [0.29, 0.717) is 16.8 Å². The van der Waals surface area contributed by atoms with Gasteiger partial charge >= 0.3 is 0 Å². The van der Waals surface area contributed by atoms with Gasteiger partial charge in [0.05, 0.1) is 17.2 Å². The molecule has 19 heavy (non-hydrogen) atoms. The normalized spacial score (nSPS) is 11.5. The van der Waals surface area contributed by atoms with Crippen molar-refractivity contribution in [1.82, 2.24) is 0 Å². The lowest BCUT2D eigenvalue weighted by atomic mass is 10.1. The van der Waals surface area contributed by atoms with Crippen LogP contribution in [-0.2, 0) is 16.6 Å². The Morgan fingerprint density at radius 1 is 1.42 bits per heavy atom. The van der Waals surface area contributed by atoms with E-state index >= 15 is 0 Å². The van der Waals surface area contributed by atoms with Crippen LogP contribution in [0.15, 0.2) is 33.9 Å². The van der Waals surface area contributed by atoms with Gasteiger partial charge in [-0.25, -0.2) is 8.42 Å². The molecule has 0 atom stereocenters. The molecule has 0 aliphatic rings. The summed E-state index contributed by atoms with van der Waals surface area (Å²) >= 11 is 7.28. The van der Waals surface area contributed by atoms with Gasteiger partial charge in [0, 0.05) is 10.4 Å². The fourth-order valence-corrected chi connectivity index (χ4v) is 4.02. The first-order valence-corrected chi connectivity index (χ1v) is 8.19. The molecule has 0 amide bonds. The summed E-state index contributed by atoms with van der Waals surface area (Å²) in [7, 11) is -3.71. The lowest BCUT2D eigenvalue weighted by Crippen LogP contribution is -2.14. The van der Waals surface area contributed by atoms with Crippen LogP contribution in [0.1, 0.15) is 11.1 Å². The highest BCUT2D eigenvalue weighted by Gasteiger charge is 2.19. The molecule has 102 valence electrons. The number of hydrogen-bond donors (Lipinski definition) is 2. The van der Waals surface area contributed by atoms with E-state index in [1.54, 1.807) is 29.8 Å². The van der Waals surface area contributed by atoms with E-state index in [0.717, 1.165) is 0 Å². The topological polar surface area (TPSA) is 66.4 Å². The third-order valence-corrected chi connectivity index (χ3v) is 5.07. The van der Waals surface area contributed by atoms with Crippen LogP contribution in [0.4, 0.5) is 5.69 Å². The predicted molar refractivity (Wildman–Crippen MR) is 77.2 cm³/mol. The van der Waals surface area contributed by atoms with Gasteiger partial charge in [0.1, 0.15) is 0 Å². The molecule has 1 aromatic heterocycles. The van der Waals surface area contributed by atoms with Gasteiger partial charge in [0.15, 0.2) is 0 Å². The highest BCUT2D eigenvalue weighted by Crippen LogP contribution is 2.26. The van der Waals surface area contributed by atoms with Crippen LogP contribution in [0, 0.1) is 6.92 Å². The molecule has 0 aliphatic heterocycles. The van der Waals surface area contributed by atoms with Crippen LogP contribution in [0.2, 0.25) is 5.02 Å². The van der Waals surface area contributed by atoms with E-state index in [1.165, 1.54) is 17.4 Å². The summed E-state index contributed by atoms with van der Waals surface area (Å²) in [5.74, 6) is 0. The Kier molecular flexibility index (Phi) is 4.15. The van der Waals surface area contributed by atoms with E-state index in [-0.39, 0.29) is 16.5 Å². The first-order valence-electron chi connectivity index (χ1n) is 5.39. The Balaban J connectivity index is 2.48. The Bertz CT molecular complexity index is 681. The van der Waals surface area contributed by atoms with Gasteiger partial charge in [-0.3, -0.25) is 4.72 Å². The van der Waals surface area contributed by atoms with Crippen LogP contribution in [0.5, 0.6) is 0 Å². The zero-order valence-corrected chi connectivity index (χ0v) is 12.4. The molecule has 0 spiro atoms. The second-order valence-electron chi connectivity index (χ2n) is 3.96. The SMILES string of the molecule is Cc1c(CO)cc(Cl)cc1S(=O)(=O)Nc1ccsc1. The number of aliphatic hydroxyl groups is 1. The molecule has 2 aromatic rings. The van der Waals surface area contributed by atoms with Crippen molar-refractivity contribution in [3.63, 3.8) is 0 Å². The molecule has 2 rings (SSSR count). The molecule has 0 fully saturated rings. The van der Waals surface area contributed by atoms with Crippen LogP contribution in [0.3, 0.4) is 0 Å². The van der Waals surface area contributed by atoms with Crippen molar-refractivity contribution < 1.29 is 13.5 Å². The predicted octanol–water partition coefficient (Wildman–Crippen LogP) is 3.00. The molecule has 2 N–H and O–H groups in total. The van der Waals surface area contributed by atoms with Crippen molar-refractivity contribution in [3.8, 4) is 0 Å². The van der Waals surface area contributed by atoms with Gasteiger partial charge in [0.2, 0.25) is 0 Å². The Hall–Kier alpha value is -1.08. The average molecular weight is 318 g/mol. The number of rotatable bonds is 4. The summed E-state index contributed by atoms with van der Waals surface area (Å²) in [5, 5.41) is 13.0. The van der Waals surface area contributed by atoms with E-state index < -0.39 is 10.0 Å². The van der Waals surface area contributed by atoms with Crippen molar-refractivity contribution in [2.45, 2.75) is 18.4 Å². The summed E-state index contributed by atoms with van der Waals surface area (Å²) in [5.41, 5.74) is 1.50. The summed E-state index contributed by atoms with van der Waals surface area (Å²) in [6.45, 7) is 1.39. The molecule has 0 aliphatic carbocycles. The van der Waals surface area contributed by atoms with Gasteiger partial charge < -0.3 is 5.11 Å². The van der Waals surface area contributed by atoms with E-state index in [2.05, 4.69) is 4.72 Å². The molecule has 0 radical (unpaired) electrons. The molecule has 4 nitrogen and oxygen atoms in total. The Morgan fingerprint density at radius 2 is 2.16 bits per heavy atom. The largest absolute Gasteiger partial charge is 0.392 e. The van der Waals surface area contributed by atoms with Crippen LogP contribution >= 0.6 is 22.9 Å². The number of hydrogen-bond acceptors (Lipinski definition) is 4. The van der Waals surface area contributed by atoms with E-state index in [1.807, 2.05) is 0 Å². The standard InChI is InChI=1S/C12H12ClNO3S2/c1-8-9(6-15)4-10(13)5-12(8)19(16,17)14-11-2-3-18-7-11/h2-5,7,14-15H,6H2,1H3.